The summed E-state index contributed by atoms with van der Waals surface area (Å²) in [6.45, 7) is 10.1. The Morgan fingerprint density at radius 3 is 2.53 bits per heavy atom. The summed E-state index contributed by atoms with van der Waals surface area (Å²) in [7, 11) is 0. The molecule has 1 aromatic heterocycles. The van der Waals surface area contributed by atoms with Gasteiger partial charge in [0.1, 0.15) is 0 Å². The Labute approximate surface area is 106 Å². The van der Waals surface area contributed by atoms with Gasteiger partial charge in [-0.15, -0.1) is 0 Å². The molecule has 0 amide bonds. The van der Waals surface area contributed by atoms with Gasteiger partial charge in [-0.05, 0) is 31.7 Å². The van der Waals surface area contributed by atoms with Gasteiger partial charge in [-0.2, -0.15) is 5.10 Å². The maximum Gasteiger partial charge on any atom is 0.0560 e. The molecule has 1 rings (SSSR count). The van der Waals surface area contributed by atoms with E-state index in [9.17, 15) is 0 Å². The molecular formula is C14H27N3. The second-order valence-electron chi connectivity index (χ2n) is 5.15. The van der Waals surface area contributed by atoms with E-state index in [1.54, 1.807) is 0 Å². The first-order valence-electron chi connectivity index (χ1n) is 6.89. The molecule has 0 aliphatic heterocycles. The van der Waals surface area contributed by atoms with Gasteiger partial charge in [0, 0.05) is 24.5 Å². The fourth-order valence-electron chi connectivity index (χ4n) is 2.15. The molecule has 0 spiro atoms. The molecule has 0 aliphatic carbocycles. The minimum atomic E-state index is 0.476. The molecule has 1 heterocycles. The third-order valence-corrected chi connectivity index (χ3v) is 3.42. The third-order valence-electron chi connectivity index (χ3n) is 3.42. The van der Waals surface area contributed by atoms with Crippen molar-refractivity contribution < 1.29 is 0 Å². The Balaban J connectivity index is 2.34. The maximum absolute atomic E-state index is 4.24. The van der Waals surface area contributed by atoms with Gasteiger partial charge in [0.15, 0.2) is 0 Å². The Morgan fingerprint density at radius 2 is 2.00 bits per heavy atom. The van der Waals surface area contributed by atoms with Gasteiger partial charge >= 0.3 is 0 Å². The molecular weight excluding hydrogens is 210 g/mol. The molecule has 17 heavy (non-hydrogen) atoms. The first-order chi connectivity index (χ1) is 8.15. The van der Waals surface area contributed by atoms with Crippen molar-refractivity contribution in [3.63, 3.8) is 0 Å². The van der Waals surface area contributed by atoms with E-state index in [-0.39, 0.29) is 0 Å². The van der Waals surface area contributed by atoms with Gasteiger partial charge in [0.2, 0.25) is 0 Å². The van der Waals surface area contributed by atoms with Crippen LogP contribution in [0.5, 0.6) is 0 Å². The zero-order valence-electron chi connectivity index (χ0n) is 11.7. The Hall–Kier alpha value is -0.830. The Morgan fingerprint density at radius 1 is 1.24 bits per heavy atom. The van der Waals surface area contributed by atoms with Gasteiger partial charge in [-0.3, -0.25) is 4.68 Å². The van der Waals surface area contributed by atoms with E-state index in [1.807, 2.05) is 23.1 Å². The summed E-state index contributed by atoms with van der Waals surface area (Å²) in [5.74, 6) is 0.810. The van der Waals surface area contributed by atoms with Crippen LogP contribution in [0.15, 0.2) is 18.5 Å². The van der Waals surface area contributed by atoms with E-state index in [0.717, 1.165) is 12.5 Å². The predicted molar refractivity (Wildman–Crippen MR) is 73.0 cm³/mol. The molecule has 3 atom stereocenters. The minimum Gasteiger partial charge on any atom is -0.310 e. The van der Waals surface area contributed by atoms with Gasteiger partial charge < -0.3 is 5.32 Å². The van der Waals surface area contributed by atoms with Crippen LogP contribution >= 0.6 is 0 Å². The van der Waals surface area contributed by atoms with Crippen LogP contribution in [0.2, 0.25) is 0 Å². The van der Waals surface area contributed by atoms with Crippen LogP contribution in [-0.2, 0) is 6.54 Å². The molecule has 0 saturated carbocycles. The first kappa shape index (κ1) is 14.2. The topological polar surface area (TPSA) is 29.9 Å². The van der Waals surface area contributed by atoms with Crippen LogP contribution in [0.1, 0.15) is 47.0 Å². The molecule has 0 aromatic carbocycles. The Kier molecular flexibility index (Phi) is 6.27. The summed E-state index contributed by atoms with van der Waals surface area (Å²) >= 11 is 0. The van der Waals surface area contributed by atoms with Crippen molar-refractivity contribution in [2.45, 2.75) is 65.6 Å². The van der Waals surface area contributed by atoms with Crippen LogP contribution in [0.4, 0.5) is 0 Å². The number of hydrogen-bond acceptors (Lipinski definition) is 2. The lowest BCUT2D eigenvalue weighted by atomic mass is 9.97. The van der Waals surface area contributed by atoms with E-state index in [1.165, 1.54) is 19.3 Å². The molecule has 3 unspecified atom stereocenters. The van der Waals surface area contributed by atoms with E-state index in [4.69, 9.17) is 0 Å². The fraction of sp³-hybridized carbons (Fsp3) is 0.786. The Bertz CT molecular complexity index is 282. The highest BCUT2D eigenvalue weighted by atomic mass is 15.3. The van der Waals surface area contributed by atoms with Crippen molar-refractivity contribution in [2.75, 3.05) is 0 Å². The van der Waals surface area contributed by atoms with E-state index < -0.39 is 0 Å². The van der Waals surface area contributed by atoms with E-state index in [2.05, 4.69) is 38.1 Å². The maximum atomic E-state index is 4.24. The van der Waals surface area contributed by atoms with Crippen molar-refractivity contribution in [3.8, 4) is 0 Å². The smallest absolute Gasteiger partial charge is 0.0560 e. The number of nitrogens with zero attached hydrogens (tertiary/aromatic N) is 2. The van der Waals surface area contributed by atoms with E-state index in [0.29, 0.717) is 12.1 Å². The number of hydrogen-bond donors (Lipinski definition) is 1. The highest BCUT2D eigenvalue weighted by molar-refractivity contribution is 4.80. The van der Waals surface area contributed by atoms with Crippen LogP contribution < -0.4 is 5.32 Å². The first-order valence-corrected chi connectivity index (χ1v) is 6.89. The zero-order valence-corrected chi connectivity index (χ0v) is 11.7. The average molecular weight is 237 g/mol. The average Bonchev–Trinajstić information content (AvgIpc) is 2.80. The van der Waals surface area contributed by atoms with Gasteiger partial charge in [0.05, 0.1) is 6.54 Å². The summed E-state index contributed by atoms with van der Waals surface area (Å²) in [5, 5.41) is 7.95. The highest BCUT2D eigenvalue weighted by Gasteiger charge is 2.13. The summed E-state index contributed by atoms with van der Waals surface area (Å²) in [4.78, 5) is 0. The summed E-state index contributed by atoms with van der Waals surface area (Å²) < 4.78 is 1.99. The zero-order chi connectivity index (χ0) is 12.7. The number of aromatic nitrogens is 2. The van der Waals surface area contributed by atoms with E-state index >= 15 is 0 Å². The van der Waals surface area contributed by atoms with Gasteiger partial charge in [0.25, 0.3) is 0 Å². The second kappa shape index (κ2) is 7.49. The standard InChI is InChI=1S/C14H27N3/c1-5-12(3)10-14(6-2)16-13(4)11-17-9-7-8-15-17/h7-9,12-14,16H,5-6,10-11H2,1-4H3. The molecule has 1 aromatic rings. The van der Waals surface area contributed by atoms with Crippen molar-refractivity contribution >= 4 is 0 Å². The molecule has 0 fully saturated rings. The number of nitrogens with one attached hydrogen (secondary N) is 1. The highest BCUT2D eigenvalue weighted by Crippen LogP contribution is 2.12. The molecule has 0 aliphatic rings. The van der Waals surface area contributed by atoms with Crippen LogP contribution in [0, 0.1) is 5.92 Å². The second-order valence-corrected chi connectivity index (χ2v) is 5.15. The molecule has 0 saturated heterocycles. The molecule has 1 N–H and O–H groups in total. The molecule has 98 valence electrons. The SMILES string of the molecule is CCC(C)CC(CC)NC(C)Cn1cccn1. The third kappa shape index (κ3) is 5.35. The molecule has 0 bridgehead atoms. The van der Waals surface area contributed by atoms with Crippen molar-refractivity contribution in [3.05, 3.63) is 18.5 Å². The van der Waals surface area contributed by atoms with Crippen molar-refractivity contribution in [1.82, 2.24) is 15.1 Å². The van der Waals surface area contributed by atoms with Gasteiger partial charge in [-0.25, -0.2) is 0 Å². The quantitative estimate of drug-likeness (QED) is 0.753. The molecule has 3 heteroatoms. The van der Waals surface area contributed by atoms with Gasteiger partial charge in [-0.1, -0.05) is 27.2 Å². The lowest BCUT2D eigenvalue weighted by Gasteiger charge is -2.24. The summed E-state index contributed by atoms with van der Waals surface area (Å²) in [6.07, 6.45) is 7.60. The lowest BCUT2D eigenvalue weighted by Crippen LogP contribution is -2.39. The van der Waals surface area contributed by atoms with Crippen LogP contribution in [0.25, 0.3) is 0 Å². The van der Waals surface area contributed by atoms with Crippen molar-refractivity contribution in [2.24, 2.45) is 5.92 Å². The largest absolute Gasteiger partial charge is 0.310 e. The normalized spacial score (nSPS) is 16.7. The lowest BCUT2D eigenvalue weighted by molar-refractivity contribution is 0.334. The van der Waals surface area contributed by atoms with Crippen LogP contribution in [-0.4, -0.2) is 21.9 Å². The monoisotopic (exact) mass is 237 g/mol. The predicted octanol–water partition coefficient (Wildman–Crippen LogP) is 3.08. The van der Waals surface area contributed by atoms with Crippen molar-refractivity contribution in [1.29, 1.82) is 0 Å². The molecule has 0 radical (unpaired) electrons. The summed E-state index contributed by atoms with van der Waals surface area (Å²) in [6, 6.07) is 3.09. The number of rotatable bonds is 8. The van der Waals surface area contributed by atoms with Crippen LogP contribution in [0.3, 0.4) is 0 Å². The molecule has 3 nitrogen and oxygen atoms in total. The fourth-order valence-corrected chi connectivity index (χ4v) is 2.15. The minimum absolute atomic E-state index is 0.476. The summed E-state index contributed by atoms with van der Waals surface area (Å²) in [5.41, 5.74) is 0.